The number of carbonyl (C=O) groups is 2. The van der Waals surface area contributed by atoms with Crippen molar-refractivity contribution in [2.24, 2.45) is 0 Å². The van der Waals surface area contributed by atoms with Crippen LogP contribution in [0.4, 0.5) is 4.39 Å². The number of amides is 1. The van der Waals surface area contributed by atoms with Crippen LogP contribution in [0.1, 0.15) is 10.4 Å². The second-order valence-corrected chi connectivity index (χ2v) is 4.11. The van der Waals surface area contributed by atoms with Crippen molar-refractivity contribution in [2.45, 2.75) is 0 Å². The highest BCUT2D eigenvalue weighted by Gasteiger charge is 2.16. The average Bonchev–Trinajstić information content (AvgIpc) is 2.38. The van der Waals surface area contributed by atoms with Gasteiger partial charge in [0.05, 0.1) is 25.8 Å². The van der Waals surface area contributed by atoms with Crippen molar-refractivity contribution in [1.29, 1.82) is 0 Å². The lowest BCUT2D eigenvalue weighted by Crippen LogP contribution is -2.36. The summed E-state index contributed by atoms with van der Waals surface area (Å²) in [6.45, 7) is 0.104. The molecule has 0 radical (unpaired) electrons. The van der Waals surface area contributed by atoms with E-state index < -0.39 is 5.82 Å². The van der Waals surface area contributed by atoms with Gasteiger partial charge in [-0.1, -0.05) is 0 Å². The van der Waals surface area contributed by atoms with Gasteiger partial charge in [-0.25, -0.2) is 4.39 Å². The molecule has 5 nitrogen and oxygen atoms in total. The topological polar surface area (TPSA) is 58.6 Å². The van der Waals surface area contributed by atoms with Gasteiger partial charge in [0.1, 0.15) is 11.6 Å². The number of halogens is 1. The fourth-order valence-electron chi connectivity index (χ4n) is 1.61. The summed E-state index contributed by atoms with van der Waals surface area (Å²) in [6.07, 6.45) is 0. The molecule has 0 saturated carbocycles. The average molecular weight is 268 g/mol. The zero-order valence-corrected chi connectivity index (χ0v) is 11.2. The smallest absolute Gasteiger partial charge is 0.233 e. The van der Waals surface area contributed by atoms with Gasteiger partial charge in [0.15, 0.2) is 5.78 Å². The molecule has 1 aromatic rings. The summed E-state index contributed by atoms with van der Waals surface area (Å²) in [5, 5.41) is 2.46. The van der Waals surface area contributed by atoms with E-state index in [0.29, 0.717) is 5.75 Å². The number of likely N-dealkylation sites (N-methyl/N-ethyl adjacent to an activating group) is 2. The van der Waals surface area contributed by atoms with Crippen LogP contribution >= 0.6 is 0 Å². The normalized spacial score (nSPS) is 10.4. The van der Waals surface area contributed by atoms with Gasteiger partial charge in [-0.15, -0.1) is 0 Å². The molecule has 1 aromatic carbocycles. The van der Waals surface area contributed by atoms with E-state index in [2.05, 4.69) is 5.32 Å². The van der Waals surface area contributed by atoms with Crippen LogP contribution in [0.2, 0.25) is 0 Å². The van der Waals surface area contributed by atoms with Gasteiger partial charge in [-0.3, -0.25) is 14.5 Å². The summed E-state index contributed by atoms with van der Waals surface area (Å²) in [5.41, 5.74) is 0.172. The number of rotatable bonds is 6. The van der Waals surface area contributed by atoms with Crippen molar-refractivity contribution >= 4 is 11.7 Å². The van der Waals surface area contributed by atoms with Crippen LogP contribution in [0.3, 0.4) is 0 Å². The van der Waals surface area contributed by atoms with E-state index in [1.807, 2.05) is 0 Å². The van der Waals surface area contributed by atoms with E-state index in [9.17, 15) is 14.0 Å². The van der Waals surface area contributed by atoms with Gasteiger partial charge in [0.2, 0.25) is 5.91 Å². The zero-order valence-electron chi connectivity index (χ0n) is 11.2. The fraction of sp³-hybridized carbons (Fsp3) is 0.385. The standard InChI is InChI=1S/C13H17FN2O3/c1-15-13(18)8-16(2)7-11(17)10-6-9(14)4-5-12(10)19-3/h4-6H,7-8H2,1-3H3,(H,15,18). The molecule has 0 fully saturated rings. The molecular formula is C13H17FN2O3. The number of nitrogens with one attached hydrogen (secondary N) is 1. The fourth-order valence-corrected chi connectivity index (χ4v) is 1.61. The molecule has 1 N–H and O–H groups in total. The minimum absolute atomic E-state index is 0.00718. The van der Waals surface area contributed by atoms with Crippen LogP contribution in [-0.4, -0.2) is 50.9 Å². The molecule has 0 bridgehead atoms. The van der Waals surface area contributed by atoms with Crippen molar-refractivity contribution in [1.82, 2.24) is 10.2 Å². The Morgan fingerprint density at radius 3 is 2.63 bits per heavy atom. The lowest BCUT2D eigenvalue weighted by molar-refractivity contribution is -0.121. The molecule has 0 aliphatic heterocycles. The van der Waals surface area contributed by atoms with Crippen molar-refractivity contribution < 1.29 is 18.7 Å². The van der Waals surface area contributed by atoms with E-state index in [0.717, 1.165) is 6.07 Å². The van der Waals surface area contributed by atoms with Crippen LogP contribution in [0.5, 0.6) is 5.75 Å². The first-order chi connectivity index (χ1) is 8.97. The molecule has 0 saturated heterocycles. The van der Waals surface area contributed by atoms with E-state index in [1.54, 1.807) is 11.9 Å². The molecule has 6 heteroatoms. The molecule has 1 amide bonds. The molecule has 0 heterocycles. The number of Topliss-reactive ketones (excluding diaryl/α,β-unsaturated/α-hetero) is 1. The Morgan fingerprint density at radius 2 is 2.05 bits per heavy atom. The van der Waals surface area contributed by atoms with Crippen molar-refractivity contribution in [2.75, 3.05) is 34.3 Å². The summed E-state index contributed by atoms with van der Waals surface area (Å²) in [6, 6.07) is 3.76. The molecule has 0 aliphatic rings. The van der Waals surface area contributed by atoms with Crippen molar-refractivity contribution in [3.05, 3.63) is 29.6 Å². The van der Waals surface area contributed by atoms with E-state index in [1.165, 1.54) is 26.3 Å². The van der Waals surface area contributed by atoms with Crippen LogP contribution in [0.25, 0.3) is 0 Å². The molecule has 104 valence electrons. The molecule has 19 heavy (non-hydrogen) atoms. The molecular weight excluding hydrogens is 251 g/mol. The third-order valence-electron chi connectivity index (χ3n) is 2.57. The van der Waals surface area contributed by atoms with Gasteiger partial charge >= 0.3 is 0 Å². The van der Waals surface area contributed by atoms with Crippen LogP contribution in [-0.2, 0) is 4.79 Å². The first-order valence-corrected chi connectivity index (χ1v) is 5.73. The molecule has 1 rings (SSSR count). The van der Waals surface area contributed by atoms with Crippen LogP contribution in [0.15, 0.2) is 18.2 Å². The number of nitrogens with zero attached hydrogens (tertiary/aromatic N) is 1. The number of methoxy groups -OCH3 is 1. The zero-order chi connectivity index (χ0) is 14.4. The second kappa shape index (κ2) is 6.84. The first kappa shape index (κ1) is 15.1. The second-order valence-electron chi connectivity index (χ2n) is 4.11. The third-order valence-corrected chi connectivity index (χ3v) is 2.57. The first-order valence-electron chi connectivity index (χ1n) is 5.73. The quantitative estimate of drug-likeness (QED) is 0.771. The Morgan fingerprint density at radius 1 is 1.37 bits per heavy atom. The summed E-state index contributed by atoms with van der Waals surface area (Å²) >= 11 is 0. The number of carbonyl (C=O) groups excluding carboxylic acids is 2. The Hall–Kier alpha value is -1.95. The molecule has 0 atom stereocenters. The Balaban J connectivity index is 2.77. The highest BCUT2D eigenvalue weighted by atomic mass is 19.1. The van der Waals surface area contributed by atoms with Gasteiger partial charge in [-0.05, 0) is 25.2 Å². The Labute approximate surface area is 111 Å². The van der Waals surface area contributed by atoms with E-state index in [4.69, 9.17) is 4.74 Å². The lowest BCUT2D eigenvalue weighted by Gasteiger charge is -2.15. The van der Waals surface area contributed by atoms with Gasteiger partial charge in [-0.2, -0.15) is 0 Å². The minimum atomic E-state index is -0.502. The van der Waals surface area contributed by atoms with Gasteiger partial charge in [0.25, 0.3) is 0 Å². The van der Waals surface area contributed by atoms with Crippen LogP contribution in [0, 0.1) is 5.82 Å². The highest BCUT2D eigenvalue weighted by Crippen LogP contribution is 2.19. The van der Waals surface area contributed by atoms with Crippen LogP contribution < -0.4 is 10.1 Å². The van der Waals surface area contributed by atoms with E-state index >= 15 is 0 Å². The monoisotopic (exact) mass is 268 g/mol. The largest absolute Gasteiger partial charge is 0.496 e. The van der Waals surface area contributed by atoms with Gasteiger partial charge in [0, 0.05) is 7.05 Å². The molecule has 0 unspecified atom stereocenters. The number of ketones is 1. The number of benzene rings is 1. The summed E-state index contributed by atoms with van der Waals surface area (Å²) in [4.78, 5) is 24.8. The molecule has 0 aliphatic carbocycles. The molecule has 0 aromatic heterocycles. The predicted octanol–water partition coefficient (Wildman–Crippen LogP) is 0.695. The maximum Gasteiger partial charge on any atom is 0.233 e. The van der Waals surface area contributed by atoms with Crippen molar-refractivity contribution in [3.63, 3.8) is 0 Å². The lowest BCUT2D eigenvalue weighted by atomic mass is 10.1. The van der Waals surface area contributed by atoms with Crippen molar-refractivity contribution in [3.8, 4) is 5.75 Å². The number of hydrogen-bond acceptors (Lipinski definition) is 4. The Bertz CT molecular complexity index is 477. The summed E-state index contributed by atoms with van der Waals surface area (Å²) in [5.74, 6) is -0.679. The summed E-state index contributed by atoms with van der Waals surface area (Å²) < 4.78 is 18.2. The maximum atomic E-state index is 13.2. The predicted molar refractivity (Wildman–Crippen MR) is 68.8 cm³/mol. The van der Waals surface area contributed by atoms with Gasteiger partial charge < -0.3 is 10.1 Å². The number of ether oxygens (including phenoxy) is 1. The maximum absolute atomic E-state index is 13.2. The highest BCUT2D eigenvalue weighted by molar-refractivity contribution is 6.00. The van der Waals surface area contributed by atoms with E-state index in [-0.39, 0.29) is 30.3 Å². The minimum Gasteiger partial charge on any atom is -0.496 e. The number of hydrogen-bond donors (Lipinski definition) is 1. The Kier molecular flexibility index (Phi) is 5.44. The molecule has 0 spiro atoms. The third kappa shape index (κ3) is 4.33. The SMILES string of the molecule is CNC(=O)CN(C)CC(=O)c1cc(F)ccc1OC. The summed E-state index contributed by atoms with van der Waals surface area (Å²) in [7, 11) is 4.57.